The fraction of sp³-hybridized carbons (Fsp3) is 1.00. The number of hydrogen-bond donors (Lipinski definition) is 1. The van der Waals surface area contributed by atoms with Crippen LogP contribution in [-0.4, -0.2) is 22.0 Å². The minimum Gasteiger partial charge on any atom is -0.412 e. The summed E-state index contributed by atoms with van der Waals surface area (Å²) in [5.74, 6) is 0. The van der Waals surface area contributed by atoms with Gasteiger partial charge in [0.15, 0.2) is 0 Å². The first-order valence-corrected chi connectivity index (χ1v) is 3.47. The van der Waals surface area contributed by atoms with Gasteiger partial charge in [-0.25, -0.2) is 0 Å². The molecule has 0 aliphatic heterocycles. The lowest BCUT2D eigenvalue weighted by molar-refractivity contribution is 0.383. The summed E-state index contributed by atoms with van der Waals surface area (Å²) in [7, 11) is 0. The van der Waals surface area contributed by atoms with Gasteiger partial charge in [-0.3, -0.25) is 4.70 Å². The van der Waals surface area contributed by atoms with Crippen molar-refractivity contribution in [3.63, 3.8) is 0 Å². The number of nitrogens with two attached hydrogens (primary N) is 1. The number of halogens is 1. The van der Waals surface area contributed by atoms with Crippen LogP contribution in [0, 0.1) is 0 Å². The van der Waals surface area contributed by atoms with E-state index in [0.717, 1.165) is 19.3 Å². The van der Waals surface area contributed by atoms with Crippen LogP contribution in [0.2, 0.25) is 0 Å². The van der Waals surface area contributed by atoms with Crippen molar-refractivity contribution in [2.75, 3.05) is 0 Å². The highest BCUT2D eigenvalue weighted by Gasteiger charge is 2.15. The molecule has 0 atom stereocenters. The Bertz CT molecular complexity index is 61.4. The Morgan fingerprint density at radius 3 is 1.00 bits per heavy atom. The SMILES string of the molecule is CCC(N)(CC)CC.F.O.O.O. The van der Waals surface area contributed by atoms with Gasteiger partial charge in [0, 0.05) is 5.54 Å². The van der Waals surface area contributed by atoms with Gasteiger partial charge in [-0.15, -0.1) is 0 Å². The molecular weight excluding hydrogens is 165 g/mol. The molecule has 82 valence electrons. The lowest BCUT2D eigenvalue weighted by Crippen LogP contribution is -2.37. The molecule has 0 aliphatic carbocycles. The average Bonchev–Trinajstić information content (AvgIpc) is 1.87. The number of rotatable bonds is 3. The van der Waals surface area contributed by atoms with Gasteiger partial charge in [-0.05, 0) is 19.3 Å². The summed E-state index contributed by atoms with van der Waals surface area (Å²) in [6.07, 6.45) is 3.29. The second kappa shape index (κ2) is 13.4. The molecule has 8 N–H and O–H groups in total. The maximum atomic E-state index is 5.90. The van der Waals surface area contributed by atoms with Crippen molar-refractivity contribution in [2.24, 2.45) is 5.73 Å². The first-order valence-electron chi connectivity index (χ1n) is 3.47. The van der Waals surface area contributed by atoms with Crippen molar-refractivity contribution < 1.29 is 21.1 Å². The molecule has 0 fully saturated rings. The molecule has 0 aromatic heterocycles. The second-order valence-electron chi connectivity index (χ2n) is 2.42. The normalized spacial score (nSPS) is 8.00. The van der Waals surface area contributed by atoms with Gasteiger partial charge in [-0.1, -0.05) is 20.8 Å². The number of hydrogen-bond acceptors (Lipinski definition) is 1. The molecular formula is C7H24FNO3. The largest absolute Gasteiger partial charge is 0.412 e. The van der Waals surface area contributed by atoms with Crippen LogP contribution in [0.4, 0.5) is 4.70 Å². The quantitative estimate of drug-likeness (QED) is 0.637. The molecule has 12 heavy (non-hydrogen) atoms. The van der Waals surface area contributed by atoms with E-state index in [1.807, 2.05) is 0 Å². The standard InChI is InChI=1S/C7H17N.FH.3H2O/c1-4-7(8,5-2)6-3;;;;/h4-6,8H2,1-3H3;1H;3*1H2. The van der Waals surface area contributed by atoms with Crippen molar-refractivity contribution in [2.45, 2.75) is 45.6 Å². The Kier molecular flexibility index (Phi) is 33.2. The van der Waals surface area contributed by atoms with E-state index in [1.54, 1.807) is 0 Å². The fourth-order valence-corrected chi connectivity index (χ4v) is 0.750. The Labute approximate surface area is 73.4 Å². The second-order valence-corrected chi connectivity index (χ2v) is 2.42. The first kappa shape index (κ1) is 29.8. The van der Waals surface area contributed by atoms with Crippen LogP contribution in [0.5, 0.6) is 0 Å². The van der Waals surface area contributed by atoms with E-state index < -0.39 is 0 Å². The van der Waals surface area contributed by atoms with Crippen LogP contribution in [0.25, 0.3) is 0 Å². The zero-order valence-electron chi connectivity index (χ0n) is 8.11. The van der Waals surface area contributed by atoms with E-state index in [1.165, 1.54) is 0 Å². The van der Waals surface area contributed by atoms with Gasteiger partial charge in [0.05, 0.1) is 0 Å². The zero-order valence-corrected chi connectivity index (χ0v) is 8.11. The van der Waals surface area contributed by atoms with E-state index in [0.29, 0.717) is 0 Å². The van der Waals surface area contributed by atoms with E-state index in [2.05, 4.69) is 20.8 Å². The van der Waals surface area contributed by atoms with Crippen molar-refractivity contribution >= 4 is 0 Å². The van der Waals surface area contributed by atoms with E-state index in [9.17, 15) is 0 Å². The smallest absolute Gasteiger partial charge is 0.0146 e. The first-order chi connectivity index (χ1) is 3.68. The van der Waals surface area contributed by atoms with Gasteiger partial charge >= 0.3 is 0 Å². The van der Waals surface area contributed by atoms with Crippen LogP contribution < -0.4 is 5.73 Å². The highest BCUT2D eigenvalue weighted by Crippen LogP contribution is 2.14. The molecule has 0 saturated carbocycles. The molecule has 5 heteroatoms. The molecule has 0 heterocycles. The summed E-state index contributed by atoms with van der Waals surface area (Å²) < 4.78 is 0. The molecule has 0 amide bonds. The summed E-state index contributed by atoms with van der Waals surface area (Å²) in [5, 5.41) is 0. The summed E-state index contributed by atoms with van der Waals surface area (Å²) >= 11 is 0. The molecule has 0 aliphatic rings. The van der Waals surface area contributed by atoms with Crippen LogP contribution in [0.1, 0.15) is 40.0 Å². The van der Waals surface area contributed by atoms with Crippen LogP contribution in [0.3, 0.4) is 0 Å². The Morgan fingerprint density at radius 1 is 0.833 bits per heavy atom. The Balaban J connectivity index is -0.0000000408. The summed E-state index contributed by atoms with van der Waals surface area (Å²) in [6.45, 7) is 6.44. The maximum Gasteiger partial charge on any atom is 0.0146 e. The van der Waals surface area contributed by atoms with Crippen molar-refractivity contribution in [1.29, 1.82) is 0 Å². The van der Waals surface area contributed by atoms with E-state index in [-0.39, 0.29) is 26.7 Å². The van der Waals surface area contributed by atoms with Crippen molar-refractivity contribution in [1.82, 2.24) is 0 Å². The topological polar surface area (TPSA) is 121 Å². The van der Waals surface area contributed by atoms with Crippen LogP contribution in [0.15, 0.2) is 0 Å². The predicted molar refractivity (Wildman–Crippen MR) is 51.1 cm³/mol. The summed E-state index contributed by atoms with van der Waals surface area (Å²) in [6, 6.07) is 0. The Morgan fingerprint density at radius 2 is 1.00 bits per heavy atom. The fourth-order valence-electron chi connectivity index (χ4n) is 0.750. The minimum atomic E-state index is 0. The predicted octanol–water partition coefficient (Wildman–Crippen LogP) is -0.408. The van der Waals surface area contributed by atoms with E-state index in [4.69, 9.17) is 5.73 Å². The third kappa shape index (κ3) is 9.77. The summed E-state index contributed by atoms with van der Waals surface area (Å²) in [4.78, 5) is 0. The molecule has 0 aromatic carbocycles. The monoisotopic (exact) mass is 189 g/mol. The summed E-state index contributed by atoms with van der Waals surface area (Å²) in [5.41, 5.74) is 6.02. The van der Waals surface area contributed by atoms with Crippen molar-refractivity contribution in [3.05, 3.63) is 0 Å². The van der Waals surface area contributed by atoms with E-state index >= 15 is 0 Å². The maximum absolute atomic E-state index is 5.90. The van der Waals surface area contributed by atoms with Gasteiger partial charge in [0.25, 0.3) is 0 Å². The molecule has 0 spiro atoms. The third-order valence-electron chi connectivity index (χ3n) is 2.11. The van der Waals surface area contributed by atoms with Crippen LogP contribution in [-0.2, 0) is 0 Å². The van der Waals surface area contributed by atoms with Gasteiger partial charge < -0.3 is 22.2 Å². The molecule has 0 aromatic rings. The lowest BCUT2D eigenvalue weighted by atomic mass is 9.92. The molecule has 0 saturated heterocycles. The third-order valence-corrected chi connectivity index (χ3v) is 2.11. The minimum absolute atomic E-state index is 0. The molecule has 4 nitrogen and oxygen atoms in total. The van der Waals surface area contributed by atoms with Gasteiger partial charge in [0.1, 0.15) is 0 Å². The van der Waals surface area contributed by atoms with Crippen molar-refractivity contribution in [3.8, 4) is 0 Å². The average molecular weight is 189 g/mol. The molecule has 0 radical (unpaired) electrons. The van der Waals surface area contributed by atoms with Gasteiger partial charge in [0.2, 0.25) is 0 Å². The molecule has 0 bridgehead atoms. The highest BCUT2D eigenvalue weighted by atomic mass is 19.0. The zero-order chi connectivity index (χ0) is 6.62. The van der Waals surface area contributed by atoms with Crippen LogP contribution >= 0.6 is 0 Å². The molecule has 0 unspecified atom stereocenters. The van der Waals surface area contributed by atoms with Gasteiger partial charge in [-0.2, -0.15) is 0 Å². The lowest BCUT2D eigenvalue weighted by Gasteiger charge is -2.23. The molecule has 0 rings (SSSR count). The highest BCUT2D eigenvalue weighted by molar-refractivity contribution is 4.77. The Hall–Kier alpha value is -0.230.